The quantitative estimate of drug-likeness (QED) is 0.434. The van der Waals surface area contributed by atoms with Crippen molar-refractivity contribution >= 4 is 12.2 Å². The molecule has 5 rings (SSSR count). The first kappa shape index (κ1) is 22.5. The van der Waals surface area contributed by atoms with Crippen LogP contribution < -0.4 is 15.4 Å². The van der Waals surface area contributed by atoms with E-state index >= 15 is 0 Å². The zero-order valence-electron chi connectivity index (χ0n) is 19.5. The molecule has 0 bridgehead atoms. The normalized spacial score (nSPS) is 16.3. The Hall–Kier alpha value is -3.31. The summed E-state index contributed by atoms with van der Waals surface area (Å²) in [5, 5.41) is 0. The molecule has 5 nitrogen and oxygen atoms in total. The van der Waals surface area contributed by atoms with Gasteiger partial charge in [-0.25, -0.2) is 0 Å². The SMILES string of the molecule is NCc1cccc(-c2cc(COc3ccccc3COC=O)cc(N3CCC4(CC3)CC4)c2)c1. The summed E-state index contributed by atoms with van der Waals surface area (Å²) in [6, 6.07) is 22.9. The van der Waals surface area contributed by atoms with Gasteiger partial charge in [0.05, 0.1) is 0 Å². The molecule has 0 amide bonds. The Labute approximate surface area is 201 Å². The van der Waals surface area contributed by atoms with Crippen LogP contribution in [0.5, 0.6) is 5.75 Å². The number of nitrogens with zero attached hydrogens (tertiary/aromatic N) is 1. The summed E-state index contributed by atoms with van der Waals surface area (Å²) >= 11 is 0. The van der Waals surface area contributed by atoms with E-state index < -0.39 is 0 Å². The van der Waals surface area contributed by atoms with E-state index in [4.69, 9.17) is 15.2 Å². The Morgan fingerprint density at radius 1 is 0.853 bits per heavy atom. The van der Waals surface area contributed by atoms with Crippen LogP contribution in [0.2, 0.25) is 0 Å². The minimum absolute atomic E-state index is 0.201. The molecule has 34 heavy (non-hydrogen) atoms. The highest BCUT2D eigenvalue weighted by atomic mass is 16.5. The number of carbonyl (C=O) groups is 1. The summed E-state index contributed by atoms with van der Waals surface area (Å²) in [7, 11) is 0. The van der Waals surface area contributed by atoms with E-state index in [1.165, 1.54) is 42.5 Å². The molecule has 2 N–H and O–H groups in total. The third-order valence-electron chi connectivity index (χ3n) is 7.29. The molecule has 0 radical (unpaired) electrons. The van der Waals surface area contributed by atoms with E-state index in [1.54, 1.807) is 0 Å². The van der Waals surface area contributed by atoms with Crippen LogP contribution in [0, 0.1) is 5.41 Å². The fourth-order valence-electron chi connectivity index (χ4n) is 4.95. The van der Waals surface area contributed by atoms with E-state index in [0.717, 1.165) is 35.5 Å². The van der Waals surface area contributed by atoms with E-state index in [-0.39, 0.29) is 6.61 Å². The maximum atomic E-state index is 10.6. The summed E-state index contributed by atoms with van der Waals surface area (Å²) in [6.45, 7) is 3.85. The van der Waals surface area contributed by atoms with Gasteiger partial charge in [-0.15, -0.1) is 0 Å². The second-order valence-electron chi connectivity index (χ2n) is 9.58. The number of para-hydroxylation sites is 1. The summed E-state index contributed by atoms with van der Waals surface area (Å²) in [5.74, 6) is 0.732. The van der Waals surface area contributed by atoms with Crippen molar-refractivity contribution in [3.63, 3.8) is 0 Å². The van der Waals surface area contributed by atoms with Gasteiger partial charge in [-0.05, 0) is 83.7 Å². The van der Waals surface area contributed by atoms with E-state index in [2.05, 4.69) is 47.4 Å². The predicted octanol–water partition coefficient (Wildman–Crippen LogP) is 5.44. The highest BCUT2D eigenvalue weighted by molar-refractivity contribution is 5.70. The Morgan fingerprint density at radius 2 is 1.65 bits per heavy atom. The van der Waals surface area contributed by atoms with Crippen molar-refractivity contribution in [3.8, 4) is 16.9 Å². The fraction of sp³-hybridized carbons (Fsp3) is 0.345. The number of hydrogen-bond acceptors (Lipinski definition) is 5. The average Bonchev–Trinajstić information content (AvgIpc) is 3.65. The second-order valence-corrected chi connectivity index (χ2v) is 9.58. The van der Waals surface area contributed by atoms with Crippen LogP contribution >= 0.6 is 0 Å². The van der Waals surface area contributed by atoms with Crippen molar-refractivity contribution in [2.75, 3.05) is 18.0 Å². The fourth-order valence-corrected chi connectivity index (χ4v) is 4.95. The zero-order chi connectivity index (χ0) is 23.4. The molecule has 2 fully saturated rings. The lowest BCUT2D eigenvalue weighted by Gasteiger charge is -2.34. The average molecular weight is 457 g/mol. The van der Waals surface area contributed by atoms with Gasteiger partial charge >= 0.3 is 0 Å². The number of anilines is 1. The molecule has 0 aromatic heterocycles. The van der Waals surface area contributed by atoms with Crippen molar-refractivity contribution in [1.29, 1.82) is 0 Å². The molecule has 5 heteroatoms. The van der Waals surface area contributed by atoms with Gasteiger partial charge in [0.2, 0.25) is 0 Å². The third-order valence-corrected chi connectivity index (χ3v) is 7.29. The molecular weight excluding hydrogens is 424 g/mol. The third kappa shape index (κ3) is 5.10. The minimum atomic E-state index is 0.201. The van der Waals surface area contributed by atoms with Gasteiger partial charge in [0.15, 0.2) is 0 Å². The predicted molar refractivity (Wildman–Crippen MR) is 135 cm³/mol. The van der Waals surface area contributed by atoms with Gasteiger partial charge in [-0.1, -0.05) is 36.4 Å². The standard InChI is InChI=1S/C29H32N2O3/c30-18-22-4-3-6-24(14-22)26-15-23(19-34-28-7-2-1-5-25(28)20-33-21-32)16-27(17-26)31-12-10-29(8-9-29)11-13-31/h1-7,14-17,21H,8-13,18-20,30H2. The number of nitrogens with two attached hydrogens (primary N) is 1. The molecule has 0 unspecified atom stereocenters. The smallest absolute Gasteiger partial charge is 0.293 e. The van der Waals surface area contributed by atoms with Crippen molar-refractivity contribution in [1.82, 2.24) is 0 Å². The highest BCUT2D eigenvalue weighted by Crippen LogP contribution is 2.54. The lowest BCUT2D eigenvalue weighted by atomic mass is 9.92. The van der Waals surface area contributed by atoms with E-state index in [9.17, 15) is 4.79 Å². The number of benzene rings is 3. The maximum Gasteiger partial charge on any atom is 0.293 e. The van der Waals surface area contributed by atoms with Gasteiger partial charge < -0.3 is 20.1 Å². The monoisotopic (exact) mass is 456 g/mol. The van der Waals surface area contributed by atoms with Crippen LogP contribution in [0.1, 0.15) is 42.4 Å². The summed E-state index contributed by atoms with van der Waals surface area (Å²) < 4.78 is 11.2. The Kier molecular flexibility index (Phi) is 6.54. The van der Waals surface area contributed by atoms with Crippen molar-refractivity contribution in [3.05, 3.63) is 83.4 Å². The van der Waals surface area contributed by atoms with Crippen molar-refractivity contribution < 1.29 is 14.3 Å². The van der Waals surface area contributed by atoms with Crippen LogP contribution in [0.3, 0.4) is 0 Å². The molecule has 1 saturated carbocycles. The molecule has 1 aliphatic carbocycles. The van der Waals surface area contributed by atoms with E-state index in [0.29, 0.717) is 25.0 Å². The zero-order valence-corrected chi connectivity index (χ0v) is 19.5. The summed E-state index contributed by atoms with van der Waals surface area (Å²) in [5.41, 5.74) is 13.2. The first-order valence-electron chi connectivity index (χ1n) is 12.1. The second kappa shape index (κ2) is 9.90. The minimum Gasteiger partial charge on any atom is -0.488 e. The number of rotatable bonds is 9. The number of carbonyl (C=O) groups excluding carboxylic acids is 1. The Balaban J connectivity index is 1.42. The van der Waals surface area contributed by atoms with Gasteiger partial charge in [0, 0.05) is 30.9 Å². The van der Waals surface area contributed by atoms with E-state index in [1.807, 2.05) is 24.3 Å². The van der Waals surface area contributed by atoms with Crippen LogP contribution in [0.15, 0.2) is 66.7 Å². The largest absolute Gasteiger partial charge is 0.488 e. The number of ether oxygens (including phenoxy) is 2. The topological polar surface area (TPSA) is 64.8 Å². The van der Waals surface area contributed by atoms with Crippen LogP contribution in [-0.2, 0) is 29.3 Å². The molecule has 3 aromatic carbocycles. The van der Waals surface area contributed by atoms with Gasteiger partial charge in [0.1, 0.15) is 19.0 Å². The molecule has 1 aliphatic heterocycles. The van der Waals surface area contributed by atoms with Crippen LogP contribution in [-0.4, -0.2) is 19.6 Å². The van der Waals surface area contributed by atoms with Crippen molar-refractivity contribution in [2.24, 2.45) is 11.1 Å². The molecule has 2 aliphatic rings. The number of piperidine rings is 1. The first-order chi connectivity index (χ1) is 16.7. The summed E-state index contributed by atoms with van der Waals surface area (Å²) in [4.78, 5) is 13.2. The molecular formula is C29H32N2O3. The van der Waals surface area contributed by atoms with Crippen molar-refractivity contribution in [2.45, 2.75) is 45.4 Å². The van der Waals surface area contributed by atoms with Crippen LogP contribution in [0.25, 0.3) is 11.1 Å². The Bertz CT molecular complexity index is 1150. The molecule has 176 valence electrons. The summed E-state index contributed by atoms with van der Waals surface area (Å²) in [6.07, 6.45) is 5.38. The molecule has 0 atom stereocenters. The van der Waals surface area contributed by atoms with Crippen LogP contribution in [0.4, 0.5) is 5.69 Å². The lowest BCUT2D eigenvalue weighted by Crippen LogP contribution is -2.34. The molecule has 1 spiro atoms. The maximum absolute atomic E-state index is 10.6. The first-order valence-corrected chi connectivity index (χ1v) is 12.1. The Morgan fingerprint density at radius 3 is 2.41 bits per heavy atom. The number of hydrogen-bond donors (Lipinski definition) is 1. The molecule has 1 saturated heterocycles. The lowest BCUT2D eigenvalue weighted by molar-refractivity contribution is -0.129. The highest BCUT2D eigenvalue weighted by Gasteiger charge is 2.44. The van der Waals surface area contributed by atoms with Gasteiger partial charge in [-0.2, -0.15) is 0 Å². The molecule has 1 heterocycles. The van der Waals surface area contributed by atoms with Gasteiger partial charge in [-0.3, -0.25) is 4.79 Å². The van der Waals surface area contributed by atoms with Gasteiger partial charge in [0.25, 0.3) is 6.47 Å². The molecule has 3 aromatic rings.